The van der Waals surface area contributed by atoms with E-state index in [2.05, 4.69) is 4.98 Å². The summed E-state index contributed by atoms with van der Waals surface area (Å²) in [6.07, 6.45) is 3.38. The van der Waals surface area contributed by atoms with Crippen LogP contribution in [0.1, 0.15) is 12.0 Å². The van der Waals surface area contributed by atoms with Gasteiger partial charge in [0.25, 0.3) is 0 Å². The van der Waals surface area contributed by atoms with Gasteiger partial charge in [-0.1, -0.05) is 6.07 Å². The topological polar surface area (TPSA) is 76.3 Å². The summed E-state index contributed by atoms with van der Waals surface area (Å²) >= 11 is 0. The fourth-order valence-electron chi connectivity index (χ4n) is 1.55. The average Bonchev–Trinajstić information content (AvgIpc) is 2.47. The van der Waals surface area contributed by atoms with E-state index in [1.807, 2.05) is 6.07 Å². The Bertz CT molecular complexity index is 391. The molecule has 0 radical (unpaired) electrons. The molecule has 2 N–H and O–H groups in total. The van der Waals surface area contributed by atoms with E-state index >= 15 is 0 Å². The fraction of sp³-hybridized carbons (Fsp3) is 0.300. The first-order chi connectivity index (χ1) is 7.18. The van der Waals surface area contributed by atoms with Crippen molar-refractivity contribution >= 4 is 11.8 Å². The van der Waals surface area contributed by atoms with Gasteiger partial charge in [-0.2, -0.15) is 0 Å². The van der Waals surface area contributed by atoms with Gasteiger partial charge in [-0.25, -0.2) is 0 Å². The molecule has 1 aliphatic rings. The molecule has 0 unspecified atom stereocenters. The van der Waals surface area contributed by atoms with Crippen LogP contribution in [0.4, 0.5) is 0 Å². The van der Waals surface area contributed by atoms with Gasteiger partial charge in [-0.3, -0.25) is 19.5 Å². The lowest BCUT2D eigenvalue weighted by molar-refractivity contribution is -0.139. The normalized spacial score (nSPS) is 21.1. The van der Waals surface area contributed by atoms with Crippen molar-refractivity contribution in [2.75, 3.05) is 0 Å². The molecule has 0 bridgehead atoms. The minimum absolute atomic E-state index is 0.110. The van der Waals surface area contributed by atoms with Crippen LogP contribution in [0.3, 0.4) is 0 Å². The quantitative estimate of drug-likeness (QED) is 0.670. The summed E-state index contributed by atoms with van der Waals surface area (Å²) < 4.78 is 0. The van der Waals surface area contributed by atoms with Gasteiger partial charge in [0.15, 0.2) is 0 Å². The molecule has 1 aromatic rings. The van der Waals surface area contributed by atoms with Crippen LogP contribution in [0.5, 0.6) is 0 Å². The SMILES string of the molecule is N[C@H]1CC(=O)N(Cc2cccnc2)C1=O. The van der Waals surface area contributed by atoms with E-state index in [9.17, 15) is 9.59 Å². The standard InChI is InChI=1S/C10H11N3O2/c11-8-4-9(14)13(10(8)15)6-7-2-1-3-12-5-7/h1-3,5,8H,4,6,11H2/t8-/m0/s1. The lowest BCUT2D eigenvalue weighted by Gasteiger charge is -2.13. The van der Waals surface area contributed by atoms with Crippen LogP contribution < -0.4 is 5.73 Å². The van der Waals surface area contributed by atoms with E-state index in [1.54, 1.807) is 18.5 Å². The second kappa shape index (κ2) is 3.78. The van der Waals surface area contributed by atoms with Crippen LogP contribution in [-0.2, 0) is 16.1 Å². The van der Waals surface area contributed by atoms with Crippen molar-refractivity contribution in [3.8, 4) is 0 Å². The monoisotopic (exact) mass is 205 g/mol. The maximum absolute atomic E-state index is 11.5. The molecule has 1 aromatic heterocycles. The summed E-state index contributed by atoms with van der Waals surface area (Å²) in [7, 11) is 0. The highest BCUT2D eigenvalue weighted by molar-refractivity contribution is 6.05. The Labute approximate surface area is 86.9 Å². The largest absolute Gasteiger partial charge is 0.319 e. The van der Waals surface area contributed by atoms with E-state index in [0.717, 1.165) is 5.56 Å². The number of rotatable bonds is 2. The maximum atomic E-state index is 11.5. The number of likely N-dealkylation sites (tertiary alicyclic amines) is 1. The number of pyridine rings is 1. The molecule has 78 valence electrons. The summed E-state index contributed by atoms with van der Waals surface area (Å²) in [6, 6.07) is 2.91. The van der Waals surface area contributed by atoms with Crippen molar-refractivity contribution < 1.29 is 9.59 Å². The van der Waals surface area contributed by atoms with Gasteiger partial charge in [0.1, 0.15) is 0 Å². The average molecular weight is 205 g/mol. The van der Waals surface area contributed by atoms with Crippen LogP contribution in [0.2, 0.25) is 0 Å². The molecule has 5 nitrogen and oxygen atoms in total. The van der Waals surface area contributed by atoms with Crippen molar-refractivity contribution in [1.82, 2.24) is 9.88 Å². The molecule has 2 amide bonds. The highest BCUT2D eigenvalue weighted by Crippen LogP contribution is 2.14. The van der Waals surface area contributed by atoms with Gasteiger partial charge >= 0.3 is 0 Å². The molecular formula is C10H11N3O2. The van der Waals surface area contributed by atoms with Crippen LogP contribution in [0.15, 0.2) is 24.5 Å². The first kappa shape index (κ1) is 9.79. The third-order valence-electron chi connectivity index (χ3n) is 2.34. The van der Waals surface area contributed by atoms with Crippen LogP contribution in [0.25, 0.3) is 0 Å². The minimum Gasteiger partial charge on any atom is -0.319 e. The van der Waals surface area contributed by atoms with Crippen molar-refractivity contribution in [2.24, 2.45) is 5.73 Å². The Balaban J connectivity index is 2.13. The molecule has 15 heavy (non-hydrogen) atoms. The third-order valence-corrected chi connectivity index (χ3v) is 2.34. The number of nitrogens with two attached hydrogens (primary N) is 1. The van der Waals surface area contributed by atoms with Crippen LogP contribution in [0, 0.1) is 0 Å². The third kappa shape index (κ3) is 1.87. The first-order valence-corrected chi connectivity index (χ1v) is 4.67. The molecule has 1 atom stereocenters. The molecule has 0 saturated carbocycles. The highest BCUT2D eigenvalue weighted by Gasteiger charge is 2.35. The Hall–Kier alpha value is -1.75. The van der Waals surface area contributed by atoms with Gasteiger partial charge in [-0.05, 0) is 11.6 Å². The Morgan fingerprint density at radius 3 is 2.87 bits per heavy atom. The molecule has 5 heteroatoms. The first-order valence-electron chi connectivity index (χ1n) is 4.67. The zero-order valence-electron chi connectivity index (χ0n) is 8.09. The zero-order valence-corrected chi connectivity index (χ0v) is 8.09. The molecule has 0 aromatic carbocycles. The number of amides is 2. The van der Waals surface area contributed by atoms with Crippen molar-refractivity contribution in [1.29, 1.82) is 0 Å². The fourth-order valence-corrected chi connectivity index (χ4v) is 1.55. The maximum Gasteiger partial charge on any atom is 0.246 e. The predicted octanol–water partition coefficient (Wildman–Crippen LogP) is -0.332. The Morgan fingerprint density at radius 1 is 1.53 bits per heavy atom. The van der Waals surface area contributed by atoms with Crippen molar-refractivity contribution in [3.63, 3.8) is 0 Å². The van der Waals surface area contributed by atoms with Gasteiger partial charge in [0, 0.05) is 12.4 Å². The lowest BCUT2D eigenvalue weighted by atomic mass is 10.2. The number of aromatic nitrogens is 1. The number of hydrogen-bond acceptors (Lipinski definition) is 4. The van der Waals surface area contributed by atoms with E-state index in [1.165, 1.54) is 4.90 Å². The van der Waals surface area contributed by atoms with E-state index in [-0.39, 0.29) is 24.8 Å². The molecular weight excluding hydrogens is 194 g/mol. The Kier molecular flexibility index (Phi) is 2.47. The van der Waals surface area contributed by atoms with Gasteiger partial charge in [0.05, 0.1) is 19.0 Å². The van der Waals surface area contributed by atoms with Crippen LogP contribution >= 0.6 is 0 Å². The minimum atomic E-state index is -0.672. The molecule has 1 aliphatic heterocycles. The molecule has 2 rings (SSSR count). The molecule has 1 saturated heterocycles. The van der Waals surface area contributed by atoms with Crippen molar-refractivity contribution in [2.45, 2.75) is 19.0 Å². The summed E-state index contributed by atoms with van der Waals surface area (Å²) in [5.74, 6) is -0.514. The number of hydrogen-bond donors (Lipinski definition) is 1. The molecule has 0 aliphatic carbocycles. The summed E-state index contributed by atoms with van der Waals surface area (Å²) in [5, 5.41) is 0. The van der Waals surface area contributed by atoms with E-state index in [4.69, 9.17) is 5.73 Å². The molecule has 2 heterocycles. The second-order valence-corrected chi connectivity index (χ2v) is 3.49. The summed E-state index contributed by atoms with van der Waals surface area (Å²) in [5.41, 5.74) is 6.31. The summed E-state index contributed by atoms with van der Waals surface area (Å²) in [6.45, 7) is 0.263. The zero-order chi connectivity index (χ0) is 10.8. The van der Waals surface area contributed by atoms with Gasteiger partial charge < -0.3 is 5.73 Å². The van der Waals surface area contributed by atoms with E-state index in [0.29, 0.717) is 0 Å². The van der Waals surface area contributed by atoms with Gasteiger partial charge in [0.2, 0.25) is 11.8 Å². The Morgan fingerprint density at radius 2 is 2.33 bits per heavy atom. The van der Waals surface area contributed by atoms with Gasteiger partial charge in [-0.15, -0.1) is 0 Å². The summed E-state index contributed by atoms with van der Waals surface area (Å²) in [4.78, 5) is 28.0. The highest BCUT2D eigenvalue weighted by atomic mass is 16.2. The number of carbonyl (C=O) groups is 2. The lowest BCUT2D eigenvalue weighted by Crippen LogP contribution is -2.34. The smallest absolute Gasteiger partial charge is 0.246 e. The number of nitrogens with zero attached hydrogens (tertiary/aromatic N) is 2. The molecule has 1 fully saturated rings. The van der Waals surface area contributed by atoms with Crippen LogP contribution in [-0.4, -0.2) is 27.7 Å². The number of imide groups is 1. The second-order valence-electron chi connectivity index (χ2n) is 3.49. The predicted molar refractivity (Wildman–Crippen MR) is 52.4 cm³/mol. The van der Waals surface area contributed by atoms with Crippen molar-refractivity contribution in [3.05, 3.63) is 30.1 Å². The molecule has 0 spiro atoms. The van der Waals surface area contributed by atoms with E-state index < -0.39 is 6.04 Å². The number of carbonyl (C=O) groups excluding carboxylic acids is 2.